The Bertz CT molecular complexity index is 1090. The van der Waals surface area contributed by atoms with Gasteiger partial charge in [0.05, 0.1) is 11.4 Å². The number of nitrogens with one attached hydrogen (secondary N) is 1. The van der Waals surface area contributed by atoms with Gasteiger partial charge in [0.1, 0.15) is 30.8 Å². The van der Waals surface area contributed by atoms with Gasteiger partial charge in [0, 0.05) is 4.47 Å². The first-order chi connectivity index (χ1) is 13.7. The summed E-state index contributed by atoms with van der Waals surface area (Å²) in [5, 5.41) is 6.94. The fourth-order valence-electron chi connectivity index (χ4n) is 2.58. The van der Waals surface area contributed by atoms with E-state index < -0.39 is 0 Å². The quantitative estimate of drug-likeness (QED) is 0.480. The summed E-state index contributed by atoms with van der Waals surface area (Å²) in [6.45, 7) is 0.222. The van der Waals surface area contributed by atoms with Crippen LogP contribution in [0.4, 0.5) is 5.69 Å². The first-order valence-corrected chi connectivity index (χ1v) is 9.21. The lowest BCUT2D eigenvalue weighted by Crippen LogP contribution is -2.13. The highest BCUT2D eigenvalue weighted by molar-refractivity contribution is 9.10. The third-order valence-corrected chi connectivity index (χ3v) is 4.37. The molecule has 0 bridgehead atoms. The number of rotatable bonds is 6. The smallest absolute Gasteiger partial charge is 0.291 e. The van der Waals surface area contributed by atoms with Gasteiger partial charge in [-0.2, -0.15) is 5.10 Å². The number of carbonyl (C=O) groups excluding carboxylic acids is 1. The van der Waals surface area contributed by atoms with Crippen LogP contribution in [0.1, 0.15) is 16.3 Å². The number of nitrogens with zero attached hydrogens (tertiary/aromatic N) is 3. The molecule has 2 heterocycles. The van der Waals surface area contributed by atoms with Gasteiger partial charge in [-0.1, -0.05) is 34.1 Å². The number of hydrogen-bond acceptors (Lipinski definition) is 5. The molecule has 28 heavy (non-hydrogen) atoms. The van der Waals surface area contributed by atoms with Gasteiger partial charge >= 0.3 is 0 Å². The van der Waals surface area contributed by atoms with Crippen LogP contribution in [0.5, 0.6) is 5.75 Å². The van der Waals surface area contributed by atoms with Crippen LogP contribution in [-0.2, 0) is 6.61 Å². The second-order valence-electron chi connectivity index (χ2n) is 5.82. The van der Waals surface area contributed by atoms with Crippen LogP contribution in [0.25, 0.3) is 5.69 Å². The Morgan fingerprint density at radius 2 is 2.04 bits per heavy atom. The number of carbonyl (C=O) groups is 1. The molecule has 0 atom stereocenters. The highest BCUT2D eigenvalue weighted by Crippen LogP contribution is 2.21. The zero-order valence-electron chi connectivity index (χ0n) is 14.6. The summed E-state index contributed by atoms with van der Waals surface area (Å²) in [6, 6.07) is 18.2. The highest BCUT2D eigenvalue weighted by atomic mass is 79.9. The van der Waals surface area contributed by atoms with Gasteiger partial charge in [-0.05, 0) is 42.5 Å². The van der Waals surface area contributed by atoms with E-state index in [-0.39, 0.29) is 18.3 Å². The van der Waals surface area contributed by atoms with E-state index in [4.69, 9.17) is 9.15 Å². The number of anilines is 1. The second-order valence-corrected chi connectivity index (χ2v) is 6.74. The lowest BCUT2D eigenvalue weighted by molar-refractivity contribution is 0.0992. The van der Waals surface area contributed by atoms with Crippen molar-refractivity contribution in [3.63, 3.8) is 0 Å². The normalized spacial score (nSPS) is 10.6. The lowest BCUT2D eigenvalue weighted by Gasteiger charge is -2.09. The molecule has 4 aromatic rings. The lowest BCUT2D eigenvalue weighted by atomic mass is 10.2. The number of para-hydroxylation sites is 2. The van der Waals surface area contributed by atoms with Crippen LogP contribution in [0, 0.1) is 0 Å². The molecule has 1 N–H and O–H groups in total. The molecule has 0 spiro atoms. The molecule has 0 fully saturated rings. The van der Waals surface area contributed by atoms with Crippen molar-refractivity contribution in [1.29, 1.82) is 0 Å². The van der Waals surface area contributed by atoms with Crippen LogP contribution < -0.4 is 10.1 Å². The van der Waals surface area contributed by atoms with Crippen LogP contribution in [0.15, 0.2) is 82.2 Å². The van der Waals surface area contributed by atoms with Crippen molar-refractivity contribution in [1.82, 2.24) is 14.8 Å². The van der Waals surface area contributed by atoms with Gasteiger partial charge < -0.3 is 14.5 Å². The summed E-state index contributed by atoms with van der Waals surface area (Å²) in [5.41, 5.74) is 1.31. The largest absolute Gasteiger partial charge is 0.486 e. The molecule has 140 valence electrons. The summed E-state index contributed by atoms with van der Waals surface area (Å²) in [7, 11) is 0. The van der Waals surface area contributed by atoms with Crippen molar-refractivity contribution in [2.24, 2.45) is 0 Å². The van der Waals surface area contributed by atoms with Gasteiger partial charge in [-0.15, -0.1) is 0 Å². The van der Waals surface area contributed by atoms with Gasteiger partial charge in [-0.25, -0.2) is 9.67 Å². The molecule has 7 nitrogen and oxygen atoms in total. The Morgan fingerprint density at radius 1 is 1.14 bits per heavy atom. The number of benzene rings is 2. The SMILES string of the molecule is O=C(Nc1ccccc1-n1cncn1)c1ccc(COc2cccc(Br)c2)o1. The minimum Gasteiger partial charge on any atom is -0.486 e. The van der Waals surface area contributed by atoms with E-state index in [0.717, 1.165) is 4.47 Å². The Morgan fingerprint density at radius 3 is 2.86 bits per heavy atom. The van der Waals surface area contributed by atoms with Crippen molar-refractivity contribution in [2.75, 3.05) is 5.32 Å². The third-order valence-electron chi connectivity index (χ3n) is 3.88. The van der Waals surface area contributed by atoms with E-state index >= 15 is 0 Å². The number of ether oxygens (including phenoxy) is 1. The number of amides is 1. The molecule has 8 heteroatoms. The molecule has 2 aromatic carbocycles. The molecule has 4 rings (SSSR count). The fourth-order valence-corrected chi connectivity index (χ4v) is 2.96. The Balaban J connectivity index is 1.44. The summed E-state index contributed by atoms with van der Waals surface area (Å²) >= 11 is 3.40. The molecule has 0 aliphatic heterocycles. The van der Waals surface area contributed by atoms with E-state index in [1.54, 1.807) is 29.2 Å². The molecule has 0 aliphatic rings. The third kappa shape index (κ3) is 4.12. The molecular weight excluding hydrogens is 424 g/mol. The standard InChI is InChI=1S/C20H15BrN4O3/c21-14-4-3-5-15(10-14)27-11-16-8-9-19(28-16)20(26)24-17-6-1-2-7-18(17)25-13-22-12-23-25/h1-10,12-13H,11H2,(H,24,26). The van der Waals surface area contributed by atoms with Gasteiger partial charge in [-0.3, -0.25) is 4.79 Å². The van der Waals surface area contributed by atoms with Gasteiger partial charge in [0.2, 0.25) is 0 Å². The summed E-state index contributed by atoms with van der Waals surface area (Å²) in [4.78, 5) is 16.5. The maximum atomic E-state index is 12.6. The van der Waals surface area contributed by atoms with Crippen molar-refractivity contribution >= 4 is 27.5 Å². The molecule has 1 amide bonds. The van der Waals surface area contributed by atoms with E-state index in [1.165, 1.54) is 6.33 Å². The average Bonchev–Trinajstić information content (AvgIpc) is 3.39. The molecule has 0 unspecified atom stereocenters. The minimum atomic E-state index is -0.360. The predicted octanol–water partition coefficient (Wildman–Crippen LogP) is 4.45. The Hall–Kier alpha value is -3.39. The van der Waals surface area contributed by atoms with E-state index in [9.17, 15) is 4.79 Å². The van der Waals surface area contributed by atoms with Crippen LogP contribution in [0.3, 0.4) is 0 Å². The monoisotopic (exact) mass is 438 g/mol. The maximum Gasteiger partial charge on any atom is 0.291 e. The van der Waals surface area contributed by atoms with Crippen LogP contribution >= 0.6 is 15.9 Å². The van der Waals surface area contributed by atoms with Gasteiger partial charge in [0.25, 0.3) is 5.91 Å². The molecular formula is C20H15BrN4O3. The summed E-state index contributed by atoms with van der Waals surface area (Å²) in [5.74, 6) is 1.09. The number of halogens is 1. The van der Waals surface area contributed by atoms with Crippen molar-refractivity contribution in [2.45, 2.75) is 6.61 Å². The van der Waals surface area contributed by atoms with E-state index in [1.807, 2.05) is 42.5 Å². The molecule has 2 aromatic heterocycles. The predicted molar refractivity (Wildman–Crippen MR) is 106 cm³/mol. The van der Waals surface area contributed by atoms with Crippen LogP contribution in [-0.4, -0.2) is 20.7 Å². The zero-order valence-corrected chi connectivity index (χ0v) is 16.2. The number of hydrogen-bond donors (Lipinski definition) is 1. The first-order valence-electron chi connectivity index (χ1n) is 8.41. The van der Waals surface area contributed by atoms with Crippen molar-refractivity contribution in [3.05, 3.63) is 89.3 Å². The summed E-state index contributed by atoms with van der Waals surface area (Å²) < 4.78 is 13.8. The van der Waals surface area contributed by atoms with Crippen LogP contribution in [0.2, 0.25) is 0 Å². The average molecular weight is 439 g/mol. The minimum absolute atomic E-state index is 0.196. The maximum absolute atomic E-state index is 12.6. The number of furan rings is 1. The molecule has 0 aliphatic carbocycles. The molecule has 0 saturated carbocycles. The summed E-state index contributed by atoms with van der Waals surface area (Å²) in [6.07, 6.45) is 3.00. The van der Waals surface area contributed by atoms with Crippen molar-refractivity contribution in [3.8, 4) is 11.4 Å². The Labute approximate surface area is 169 Å². The molecule has 0 radical (unpaired) electrons. The Kier molecular flexibility index (Phi) is 5.20. The first kappa shape index (κ1) is 18.0. The topological polar surface area (TPSA) is 82.2 Å². The highest BCUT2D eigenvalue weighted by Gasteiger charge is 2.14. The molecule has 0 saturated heterocycles. The zero-order chi connectivity index (χ0) is 19.3. The number of aromatic nitrogens is 3. The van der Waals surface area contributed by atoms with Crippen molar-refractivity contribution < 1.29 is 13.9 Å². The second kappa shape index (κ2) is 8.10. The van der Waals surface area contributed by atoms with E-state index in [0.29, 0.717) is 22.9 Å². The fraction of sp³-hybridized carbons (Fsp3) is 0.0500. The van der Waals surface area contributed by atoms with E-state index in [2.05, 4.69) is 31.3 Å². The van der Waals surface area contributed by atoms with Gasteiger partial charge in [0.15, 0.2) is 5.76 Å².